The molecule has 0 atom stereocenters. The highest BCUT2D eigenvalue weighted by Gasteiger charge is 2.36. The van der Waals surface area contributed by atoms with Crippen molar-refractivity contribution >= 4 is 28.4 Å². The maximum absolute atomic E-state index is 13.4. The molecule has 0 unspecified atom stereocenters. The lowest BCUT2D eigenvalue weighted by atomic mass is 9.83. The van der Waals surface area contributed by atoms with Crippen molar-refractivity contribution in [2.75, 3.05) is 10.6 Å². The third kappa shape index (κ3) is 4.01. The number of urea groups is 1. The molecule has 3 aromatic heterocycles. The van der Waals surface area contributed by atoms with E-state index in [2.05, 4.69) is 31.7 Å². The number of H-pyrrole nitrogens is 1. The van der Waals surface area contributed by atoms with Gasteiger partial charge in [0.05, 0.1) is 34.3 Å². The summed E-state index contributed by atoms with van der Waals surface area (Å²) in [6.07, 6.45) is 4.87. The average Bonchev–Trinajstić information content (AvgIpc) is 3.11. The monoisotopic (exact) mass is 396 g/mol. The number of alkyl halides is 2. The number of rotatable bonds is 3. The summed E-state index contributed by atoms with van der Waals surface area (Å²) < 4.78 is 26.8. The molecule has 1 aliphatic carbocycles. The number of pyridine rings is 2. The molecule has 148 valence electrons. The maximum atomic E-state index is 13.4. The normalized spacial score (nSPS) is 16.3. The topological polar surface area (TPSA) is 106 Å². The molecule has 1 saturated carbocycles. The maximum Gasteiger partial charge on any atom is 0.323 e. The van der Waals surface area contributed by atoms with Crippen LogP contribution in [0.25, 0.3) is 11.0 Å². The van der Waals surface area contributed by atoms with E-state index >= 15 is 0 Å². The molecule has 3 aromatic rings. The van der Waals surface area contributed by atoms with E-state index < -0.39 is 12.0 Å². The zero-order valence-electron chi connectivity index (χ0n) is 15.4. The Labute approximate surface area is 165 Å². The number of hydrogen-bond donors (Lipinski definition) is 3. The molecule has 0 saturated heterocycles. The highest BCUT2D eigenvalue weighted by molar-refractivity contribution is 6.04. The molecule has 0 radical (unpaired) electrons. The first kappa shape index (κ1) is 18.8. The van der Waals surface area contributed by atoms with Crippen LogP contribution in [0.1, 0.15) is 42.9 Å². The minimum absolute atomic E-state index is 0.176. The molecule has 0 bridgehead atoms. The van der Waals surface area contributed by atoms with Crippen LogP contribution in [0, 0.1) is 11.3 Å². The van der Waals surface area contributed by atoms with E-state index in [0.29, 0.717) is 22.6 Å². The van der Waals surface area contributed by atoms with Crippen molar-refractivity contribution in [3.8, 4) is 6.07 Å². The predicted octanol–water partition coefficient (Wildman–Crippen LogP) is 4.77. The molecule has 29 heavy (non-hydrogen) atoms. The second-order valence-electron chi connectivity index (χ2n) is 7.08. The standard InChI is InChI=1S/C20H18F2N6O/c21-20(22)5-3-12(4-6-20)17-13(9-23)8-14(10-26-17)27-19(29)28-16-11-25-15-2-1-7-24-18(15)16/h1-2,7-8,10-12,25H,3-6H2,(H2,27,28,29). The Hall–Kier alpha value is -3.54. The van der Waals surface area contributed by atoms with Gasteiger partial charge in [-0.15, -0.1) is 0 Å². The van der Waals surface area contributed by atoms with Crippen LogP contribution in [0.5, 0.6) is 0 Å². The first-order valence-corrected chi connectivity index (χ1v) is 9.23. The minimum atomic E-state index is -2.64. The number of nitriles is 1. The Bertz CT molecular complexity index is 1090. The van der Waals surface area contributed by atoms with Crippen molar-refractivity contribution < 1.29 is 13.6 Å². The van der Waals surface area contributed by atoms with Crippen LogP contribution < -0.4 is 10.6 Å². The molecule has 0 spiro atoms. The number of amides is 2. The van der Waals surface area contributed by atoms with Gasteiger partial charge in [0.2, 0.25) is 5.92 Å². The van der Waals surface area contributed by atoms with Gasteiger partial charge in [0.25, 0.3) is 0 Å². The number of nitrogens with zero attached hydrogens (tertiary/aromatic N) is 3. The molecule has 1 fully saturated rings. The first-order chi connectivity index (χ1) is 13.9. The summed E-state index contributed by atoms with van der Waals surface area (Å²) in [7, 11) is 0. The van der Waals surface area contributed by atoms with Crippen molar-refractivity contribution in [3.05, 3.63) is 48.0 Å². The molecular formula is C20H18F2N6O. The summed E-state index contributed by atoms with van der Waals surface area (Å²) in [5, 5.41) is 14.8. The summed E-state index contributed by atoms with van der Waals surface area (Å²) in [5.74, 6) is -2.82. The number of hydrogen-bond acceptors (Lipinski definition) is 4. The second kappa shape index (κ2) is 7.47. The first-order valence-electron chi connectivity index (χ1n) is 9.23. The highest BCUT2D eigenvalue weighted by atomic mass is 19.3. The Balaban J connectivity index is 1.46. The molecule has 1 aliphatic rings. The van der Waals surface area contributed by atoms with Crippen molar-refractivity contribution in [2.45, 2.75) is 37.5 Å². The van der Waals surface area contributed by atoms with Gasteiger partial charge in [0.1, 0.15) is 11.6 Å². The number of halogens is 2. The van der Waals surface area contributed by atoms with E-state index in [1.54, 1.807) is 18.5 Å². The summed E-state index contributed by atoms with van der Waals surface area (Å²) >= 11 is 0. The Morgan fingerprint density at radius 2 is 2.07 bits per heavy atom. The van der Waals surface area contributed by atoms with Gasteiger partial charge in [-0.3, -0.25) is 9.97 Å². The van der Waals surface area contributed by atoms with Crippen molar-refractivity contribution in [3.63, 3.8) is 0 Å². The van der Waals surface area contributed by atoms with Crippen LogP contribution in [0.3, 0.4) is 0 Å². The van der Waals surface area contributed by atoms with Gasteiger partial charge in [-0.1, -0.05) is 0 Å². The van der Waals surface area contributed by atoms with E-state index in [0.717, 1.165) is 5.52 Å². The fraction of sp³-hybridized carbons (Fsp3) is 0.300. The molecule has 4 rings (SSSR count). The lowest BCUT2D eigenvalue weighted by Gasteiger charge is -2.28. The molecule has 7 nitrogen and oxygen atoms in total. The van der Waals surface area contributed by atoms with Crippen LogP contribution in [0.15, 0.2) is 36.8 Å². The zero-order chi connectivity index (χ0) is 20.4. The number of carbonyl (C=O) groups excluding carboxylic acids is 1. The number of aromatic nitrogens is 3. The van der Waals surface area contributed by atoms with Gasteiger partial charge >= 0.3 is 6.03 Å². The summed E-state index contributed by atoms with van der Waals surface area (Å²) in [6.45, 7) is 0. The Morgan fingerprint density at radius 1 is 1.28 bits per heavy atom. The van der Waals surface area contributed by atoms with Gasteiger partial charge in [-0.05, 0) is 31.0 Å². The molecular weight excluding hydrogens is 378 g/mol. The van der Waals surface area contributed by atoms with Crippen molar-refractivity contribution in [1.82, 2.24) is 15.0 Å². The minimum Gasteiger partial charge on any atom is -0.358 e. The van der Waals surface area contributed by atoms with Crippen LogP contribution in [-0.2, 0) is 0 Å². The fourth-order valence-electron chi connectivity index (χ4n) is 3.61. The quantitative estimate of drug-likeness (QED) is 0.593. The lowest BCUT2D eigenvalue weighted by molar-refractivity contribution is -0.0385. The SMILES string of the molecule is N#Cc1cc(NC(=O)Nc2c[nH]c3cccnc23)cnc1C1CCC(F)(F)CC1. The summed E-state index contributed by atoms with van der Waals surface area (Å²) in [6, 6.07) is 6.70. The van der Waals surface area contributed by atoms with Gasteiger partial charge in [-0.25, -0.2) is 13.6 Å². The number of anilines is 2. The second-order valence-corrected chi connectivity index (χ2v) is 7.08. The highest BCUT2D eigenvalue weighted by Crippen LogP contribution is 2.41. The van der Waals surface area contributed by atoms with Crippen LogP contribution in [-0.4, -0.2) is 26.9 Å². The van der Waals surface area contributed by atoms with E-state index in [4.69, 9.17) is 0 Å². The zero-order valence-corrected chi connectivity index (χ0v) is 15.4. The predicted molar refractivity (Wildman–Crippen MR) is 104 cm³/mol. The smallest absolute Gasteiger partial charge is 0.323 e. The fourth-order valence-corrected chi connectivity index (χ4v) is 3.61. The Morgan fingerprint density at radius 3 is 2.83 bits per heavy atom. The summed E-state index contributed by atoms with van der Waals surface area (Å²) in [4.78, 5) is 23.8. The van der Waals surface area contributed by atoms with Gasteiger partial charge in [-0.2, -0.15) is 5.26 Å². The number of aromatic amines is 1. The van der Waals surface area contributed by atoms with Gasteiger partial charge < -0.3 is 15.6 Å². The number of nitrogens with one attached hydrogen (secondary N) is 3. The average molecular weight is 396 g/mol. The van der Waals surface area contributed by atoms with E-state index in [-0.39, 0.29) is 37.2 Å². The molecule has 0 aliphatic heterocycles. The van der Waals surface area contributed by atoms with E-state index in [1.165, 1.54) is 12.3 Å². The summed E-state index contributed by atoms with van der Waals surface area (Å²) in [5.41, 5.74) is 3.08. The molecule has 0 aromatic carbocycles. The van der Waals surface area contributed by atoms with Crippen molar-refractivity contribution in [1.29, 1.82) is 5.26 Å². The van der Waals surface area contributed by atoms with Gasteiger partial charge in [0, 0.05) is 31.2 Å². The van der Waals surface area contributed by atoms with E-state index in [1.807, 2.05) is 6.07 Å². The molecule has 9 heteroatoms. The van der Waals surface area contributed by atoms with Crippen LogP contribution in [0.4, 0.5) is 25.0 Å². The molecule has 3 N–H and O–H groups in total. The van der Waals surface area contributed by atoms with Crippen LogP contribution >= 0.6 is 0 Å². The molecule has 2 amide bonds. The number of carbonyl (C=O) groups is 1. The largest absolute Gasteiger partial charge is 0.358 e. The van der Waals surface area contributed by atoms with E-state index in [9.17, 15) is 18.8 Å². The van der Waals surface area contributed by atoms with Gasteiger partial charge in [0.15, 0.2) is 0 Å². The van der Waals surface area contributed by atoms with Crippen molar-refractivity contribution in [2.24, 2.45) is 0 Å². The lowest BCUT2D eigenvalue weighted by Crippen LogP contribution is -2.24. The number of fused-ring (bicyclic) bond motifs is 1. The third-order valence-corrected chi connectivity index (χ3v) is 5.08. The Kier molecular flexibility index (Phi) is 4.84. The third-order valence-electron chi connectivity index (χ3n) is 5.08. The molecule has 3 heterocycles. The van der Waals surface area contributed by atoms with Crippen LogP contribution in [0.2, 0.25) is 0 Å².